The van der Waals surface area contributed by atoms with Gasteiger partial charge in [-0.25, -0.2) is 0 Å². The molecule has 0 fully saturated rings. The van der Waals surface area contributed by atoms with Crippen LogP contribution in [0.25, 0.3) is 0 Å². The van der Waals surface area contributed by atoms with E-state index in [0.717, 1.165) is 18.7 Å². The molecule has 0 aliphatic carbocycles. The second-order valence-electron chi connectivity index (χ2n) is 5.94. The zero-order valence-corrected chi connectivity index (χ0v) is 15.7. The number of benzene rings is 1. The van der Waals surface area contributed by atoms with E-state index < -0.39 is 0 Å². The molecule has 2 N–H and O–H groups in total. The van der Waals surface area contributed by atoms with Crippen LogP contribution in [0.15, 0.2) is 30.3 Å². The van der Waals surface area contributed by atoms with Gasteiger partial charge in [-0.1, -0.05) is 51.3 Å². The molecular formula is C19H30N2O2S. The van der Waals surface area contributed by atoms with E-state index in [4.69, 9.17) is 17.0 Å². The van der Waals surface area contributed by atoms with Crippen LogP contribution in [0.3, 0.4) is 0 Å². The Morgan fingerprint density at radius 3 is 2.62 bits per heavy atom. The third-order valence-electron chi connectivity index (χ3n) is 3.91. The third kappa shape index (κ3) is 9.50. The van der Waals surface area contributed by atoms with Gasteiger partial charge in [0.25, 0.3) is 0 Å². The van der Waals surface area contributed by atoms with Gasteiger partial charge in [-0.3, -0.25) is 4.79 Å². The summed E-state index contributed by atoms with van der Waals surface area (Å²) < 4.78 is 5.56. The SMILES string of the molecule is CCCCC(CC)CNC(=S)NC(=O)CCCOc1ccccc1. The maximum atomic E-state index is 11.9. The van der Waals surface area contributed by atoms with E-state index in [9.17, 15) is 4.79 Å². The second kappa shape index (κ2) is 12.8. The largest absolute Gasteiger partial charge is 0.494 e. The number of amides is 1. The molecule has 1 rings (SSSR count). The van der Waals surface area contributed by atoms with Crippen LogP contribution in [0.4, 0.5) is 0 Å². The van der Waals surface area contributed by atoms with E-state index in [1.807, 2.05) is 30.3 Å². The molecule has 0 radical (unpaired) electrons. The van der Waals surface area contributed by atoms with Crippen LogP contribution in [0.5, 0.6) is 5.75 Å². The average Bonchev–Trinajstić information content (AvgIpc) is 2.60. The average molecular weight is 351 g/mol. The Labute approximate surface area is 151 Å². The molecule has 1 atom stereocenters. The molecule has 134 valence electrons. The Bertz CT molecular complexity index is 480. The molecule has 1 aromatic carbocycles. The molecule has 24 heavy (non-hydrogen) atoms. The predicted octanol–water partition coefficient (Wildman–Crippen LogP) is 4.05. The van der Waals surface area contributed by atoms with Crippen LogP contribution in [0, 0.1) is 5.92 Å². The minimum absolute atomic E-state index is 0.0641. The fourth-order valence-electron chi connectivity index (χ4n) is 2.35. The van der Waals surface area contributed by atoms with E-state index in [-0.39, 0.29) is 5.91 Å². The first-order valence-corrected chi connectivity index (χ1v) is 9.32. The Balaban J connectivity index is 2.11. The van der Waals surface area contributed by atoms with Crippen molar-refractivity contribution in [2.24, 2.45) is 5.92 Å². The quantitative estimate of drug-likeness (QED) is 0.467. The molecule has 1 aromatic rings. The van der Waals surface area contributed by atoms with Gasteiger partial charge in [0.2, 0.25) is 5.91 Å². The molecule has 4 nitrogen and oxygen atoms in total. The molecular weight excluding hydrogens is 320 g/mol. The van der Waals surface area contributed by atoms with Crippen LogP contribution >= 0.6 is 12.2 Å². The molecule has 0 saturated heterocycles. The van der Waals surface area contributed by atoms with E-state index in [1.165, 1.54) is 19.3 Å². The van der Waals surface area contributed by atoms with Gasteiger partial charge in [0.1, 0.15) is 5.75 Å². The van der Waals surface area contributed by atoms with Crippen molar-refractivity contribution >= 4 is 23.2 Å². The lowest BCUT2D eigenvalue weighted by atomic mass is 9.99. The van der Waals surface area contributed by atoms with Crippen LogP contribution in [-0.4, -0.2) is 24.2 Å². The normalized spacial score (nSPS) is 11.6. The van der Waals surface area contributed by atoms with Crippen molar-refractivity contribution in [2.45, 2.75) is 52.4 Å². The maximum absolute atomic E-state index is 11.9. The van der Waals surface area contributed by atoms with Crippen molar-refractivity contribution in [1.29, 1.82) is 0 Å². The van der Waals surface area contributed by atoms with Crippen molar-refractivity contribution in [3.63, 3.8) is 0 Å². The molecule has 0 bridgehead atoms. The Hall–Kier alpha value is -1.62. The van der Waals surface area contributed by atoms with Gasteiger partial charge in [0.05, 0.1) is 6.61 Å². The summed E-state index contributed by atoms with van der Waals surface area (Å²) in [6, 6.07) is 9.61. The van der Waals surface area contributed by atoms with Gasteiger partial charge >= 0.3 is 0 Å². The first-order valence-electron chi connectivity index (χ1n) is 8.91. The van der Waals surface area contributed by atoms with Crippen molar-refractivity contribution in [1.82, 2.24) is 10.6 Å². The molecule has 1 amide bonds. The van der Waals surface area contributed by atoms with Crippen LogP contribution in [0.1, 0.15) is 52.4 Å². The van der Waals surface area contributed by atoms with Gasteiger partial charge < -0.3 is 15.4 Å². The molecule has 0 spiro atoms. The summed E-state index contributed by atoms with van der Waals surface area (Å²) in [7, 11) is 0. The van der Waals surface area contributed by atoms with Crippen LogP contribution < -0.4 is 15.4 Å². The van der Waals surface area contributed by atoms with Crippen LogP contribution in [0.2, 0.25) is 0 Å². The molecule has 0 aliphatic rings. The summed E-state index contributed by atoms with van der Waals surface area (Å²) in [6.07, 6.45) is 5.84. The van der Waals surface area contributed by atoms with Gasteiger partial charge in [0, 0.05) is 13.0 Å². The van der Waals surface area contributed by atoms with E-state index in [1.54, 1.807) is 0 Å². The molecule has 0 aromatic heterocycles. The second-order valence-corrected chi connectivity index (χ2v) is 6.35. The van der Waals surface area contributed by atoms with Gasteiger partial charge in [-0.05, 0) is 43.1 Å². The summed E-state index contributed by atoms with van der Waals surface area (Å²) in [5, 5.41) is 6.33. The van der Waals surface area contributed by atoms with Crippen molar-refractivity contribution in [2.75, 3.05) is 13.2 Å². The number of carbonyl (C=O) groups excluding carboxylic acids is 1. The summed E-state index contributed by atoms with van der Waals surface area (Å²) >= 11 is 5.19. The van der Waals surface area contributed by atoms with Gasteiger partial charge in [-0.15, -0.1) is 0 Å². The molecule has 0 saturated carbocycles. The predicted molar refractivity (Wildman–Crippen MR) is 103 cm³/mol. The summed E-state index contributed by atoms with van der Waals surface area (Å²) in [4.78, 5) is 11.9. The topological polar surface area (TPSA) is 50.4 Å². The highest BCUT2D eigenvalue weighted by atomic mass is 32.1. The number of thiocarbonyl (C=S) groups is 1. The minimum Gasteiger partial charge on any atom is -0.494 e. The Morgan fingerprint density at radius 1 is 1.21 bits per heavy atom. The van der Waals surface area contributed by atoms with Gasteiger partial charge in [-0.2, -0.15) is 0 Å². The highest BCUT2D eigenvalue weighted by Crippen LogP contribution is 2.11. The van der Waals surface area contributed by atoms with E-state index >= 15 is 0 Å². The zero-order valence-electron chi connectivity index (χ0n) is 14.8. The highest BCUT2D eigenvalue weighted by molar-refractivity contribution is 7.80. The smallest absolute Gasteiger partial charge is 0.226 e. The first kappa shape index (κ1) is 20.4. The monoisotopic (exact) mass is 350 g/mol. The summed E-state index contributed by atoms with van der Waals surface area (Å²) in [5.41, 5.74) is 0. The number of hydrogen-bond donors (Lipinski definition) is 2. The third-order valence-corrected chi connectivity index (χ3v) is 4.15. The lowest BCUT2D eigenvalue weighted by Gasteiger charge is -2.16. The fraction of sp³-hybridized carbons (Fsp3) is 0.579. The summed E-state index contributed by atoms with van der Waals surface area (Å²) in [5.74, 6) is 1.37. The van der Waals surface area contributed by atoms with E-state index in [0.29, 0.717) is 30.5 Å². The Morgan fingerprint density at radius 2 is 1.96 bits per heavy atom. The van der Waals surface area contributed by atoms with Crippen molar-refractivity contribution in [3.8, 4) is 5.75 Å². The number of ether oxygens (including phenoxy) is 1. The first-order chi connectivity index (χ1) is 11.7. The van der Waals surface area contributed by atoms with Crippen molar-refractivity contribution in [3.05, 3.63) is 30.3 Å². The molecule has 1 unspecified atom stereocenters. The fourth-order valence-corrected chi connectivity index (χ4v) is 2.55. The number of hydrogen-bond acceptors (Lipinski definition) is 3. The summed E-state index contributed by atoms with van der Waals surface area (Å²) in [6.45, 7) is 5.74. The zero-order chi connectivity index (χ0) is 17.6. The Kier molecular flexibility index (Phi) is 10.9. The number of carbonyl (C=O) groups is 1. The highest BCUT2D eigenvalue weighted by Gasteiger charge is 2.08. The number of rotatable bonds is 11. The maximum Gasteiger partial charge on any atom is 0.226 e. The lowest BCUT2D eigenvalue weighted by molar-refractivity contribution is -0.119. The number of unbranched alkanes of at least 4 members (excludes halogenated alkanes) is 1. The van der Waals surface area contributed by atoms with Crippen LogP contribution in [-0.2, 0) is 4.79 Å². The molecule has 5 heteroatoms. The number of nitrogens with one attached hydrogen (secondary N) is 2. The minimum atomic E-state index is -0.0641. The number of para-hydroxylation sites is 1. The van der Waals surface area contributed by atoms with Gasteiger partial charge in [0.15, 0.2) is 5.11 Å². The molecule has 0 aliphatic heterocycles. The molecule has 0 heterocycles. The lowest BCUT2D eigenvalue weighted by Crippen LogP contribution is -2.41. The van der Waals surface area contributed by atoms with E-state index in [2.05, 4.69) is 24.5 Å². The standard InChI is InChI=1S/C19H30N2O2S/c1-3-5-10-16(4-2)15-20-19(24)21-18(22)13-9-14-23-17-11-7-6-8-12-17/h6-8,11-12,16H,3-5,9-10,13-15H2,1-2H3,(H2,20,21,22,24). The van der Waals surface area contributed by atoms with Crippen molar-refractivity contribution < 1.29 is 9.53 Å².